The zero-order valence-corrected chi connectivity index (χ0v) is 16.0. The van der Waals surface area contributed by atoms with Gasteiger partial charge in [0.05, 0.1) is 6.54 Å². The number of nitrogens with two attached hydrogens (primary N) is 1. The number of carbonyl (C=O) groups is 1. The number of thiol groups is 1. The first-order valence-corrected chi connectivity index (χ1v) is 8.97. The van der Waals surface area contributed by atoms with E-state index in [-0.39, 0.29) is 23.1 Å². The quantitative estimate of drug-likeness (QED) is 0.206. The van der Waals surface area contributed by atoms with Gasteiger partial charge in [-0.2, -0.15) is 26.3 Å². The van der Waals surface area contributed by atoms with Crippen LogP contribution in [0.5, 0.6) is 0 Å². The van der Waals surface area contributed by atoms with Gasteiger partial charge in [0.25, 0.3) is 0 Å². The molecule has 0 saturated heterocycles. The molecule has 16 heteroatoms. The number of alkyl halides is 6. The first-order valence-electron chi connectivity index (χ1n) is 6.89. The molecule has 0 aliphatic rings. The second kappa shape index (κ2) is 10.0. The smallest absolute Gasteiger partial charge is 0.333 e. The van der Waals surface area contributed by atoms with E-state index in [1.54, 1.807) is 0 Å². The first kappa shape index (κ1) is 24.1. The van der Waals surface area contributed by atoms with Gasteiger partial charge in [-0.25, -0.2) is 14.8 Å². The fraction of sp³-hybridized carbons (Fsp3) is 0.333. The average Bonchev–Trinajstić information content (AvgIpc) is 3.21. The van der Waals surface area contributed by atoms with Gasteiger partial charge in [-0.05, 0) is 0 Å². The van der Waals surface area contributed by atoms with E-state index in [1.165, 1.54) is 0 Å². The number of nitrogens with zero attached hydrogens (tertiary/aromatic N) is 2. The summed E-state index contributed by atoms with van der Waals surface area (Å²) < 4.78 is 72.1. The number of rotatable bonds is 3. The monoisotopic (exact) mass is 466 g/mol. The summed E-state index contributed by atoms with van der Waals surface area (Å²) in [6.45, 7) is 0.00832. The van der Waals surface area contributed by atoms with Gasteiger partial charge in [-0.3, -0.25) is 10.7 Å². The Morgan fingerprint density at radius 1 is 1.07 bits per heavy atom. The molecule has 0 aliphatic carbocycles. The Morgan fingerprint density at radius 3 is 1.89 bits per heavy atom. The summed E-state index contributed by atoms with van der Waals surface area (Å²) in [5.41, 5.74) is 5.11. The summed E-state index contributed by atoms with van der Waals surface area (Å²) in [5.74, 6) is 0. The first-order chi connectivity index (χ1) is 12.8. The minimum absolute atomic E-state index is 0.0966. The van der Waals surface area contributed by atoms with Crippen LogP contribution in [0.3, 0.4) is 0 Å². The zero-order valence-electron chi connectivity index (χ0n) is 13.5. The third-order valence-corrected chi connectivity index (χ3v) is 4.67. The highest BCUT2D eigenvalue weighted by atomic mass is 32.1. The van der Waals surface area contributed by atoms with Crippen molar-refractivity contribution >= 4 is 46.5 Å². The summed E-state index contributed by atoms with van der Waals surface area (Å²) in [6, 6.07) is -0.716. The molecule has 2 rings (SSSR count). The Kier molecular flexibility index (Phi) is 8.65. The Labute approximate surface area is 167 Å². The number of carbonyl (C=O) groups excluding carboxylic acids is 1. The Morgan fingerprint density at radius 2 is 1.54 bits per heavy atom. The Hall–Kier alpha value is -1.91. The minimum atomic E-state index is -4.47. The van der Waals surface area contributed by atoms with Crippen molar-refractivity contribution in [2.75, 3.05) is 0 Å². The maximum Gasteiger partial charge on any atom is 0.443 e. The molecule has 2 amide bonds. The van der Waals surface area contributed by atoms with Crippen LogP contribution in [0.2, 0.25) is 0 Å². The van der Waals surface area contributed by atoms with E-state index < -0.39 is 28.4 Å². The fourth-order valence-corrected chi connectivity index (χ4v) is 2.85. The topological polar surface area (TPSA) is 117 Å². The van der Waals surface area contributed by atoms with E-state index >= 15 is 0 Å². The molecule has 0 spiro atoms. The lowest BCUT2D eigenvalue weighted by atomic mass is 10.5. The molecule has 0 radical (unpaired) electrons. The molecule has 156 valence electrons. The lowest BCUT2D eigenvalue weighted by molar-refractivity contribution is -0.138. The third-order valence-electron chi connectivity index (χ3n) is 2.45. The molecule has 2 aromatic heterocycles. The summed E-state index contributed by atoms with van der Waals surface area (Å²) in [7, 11) is 0. The summed E-state index contributed by atoms with van der Waals surface area (Å²) in [6.07, 6.45) is -6.62. The summed E-state index contributed by atoms with van der Waals surface area (Å²) in [5, 5.41) is 8.94. The molecule has 0 fully saturated rings. The number of halogens is 6. The van der Waals surface area contributed by atoms with Crippen LogP contribution in [0.25, 0.3) is 0 Å². The van der Waals surface area contributed by atoms with Crippen molar-refractivity contribution in [1.29, 1.82) is 5.41 Å². The number of aromatic nitrogens is 2. The SMILES string of the molecule is N=C(S)NC(=O)NCc1cnc(C(F)(F)F)s1.NCc1cnc(C(F)(F)F)s1. The molecule has 2 heterocycles. The van der Waals surface area contributed by atoms with Crippen LogP contribution in [0.15, 0.2) is 12.4 Å². The van der Waals surface area contributed by atoms with Gasteiger partial charge in [0.1, 0.15) is 0 Å². The van der Waals surface area contributed by atoms with E-state index in [1.807, 2.05) is 5.32 Å². The summed E-state index contributed by atoms with van der Waals surface area (Å²) in [4.78, 5) is 18.0. The van der Waals surface area contributed by atoms with Crippen LogP contribution in [-0.4, -0.2) is 21.2 Å². The second-order valence-electron chi connectivity index (χ2n) is 4.62. The highest BCUT2D eigenvalue weighted by Crippen LogP contribution is 2.33. The molecule has 0 aliphatic heterocycles. The molecule has 5 N–H and O–H groups in total. The average molecular weight is 466 g/mol. The number of amidine groups is 1. The highest BCUT2D eigenvalue weighted by Gasteiger charge is 2.35. The van der Waals surface area contributed by atoms with Crippen molar-refractivity contribution in [1.82, 2.24) is 20.6 Å². The van der Waals surface area contributed by atoms with Crippen molar-refractivity contribution in [2.45, 2.75) is 25.4 Å². The van der Waals surface area contributed by atoms with Gasteiger partial charge in [-0.15, -0.1) is 35.3 Å². The van der Waals surface area contributed by atoms with Gasteiger partial charge in [0, 0.05) is 28.7 Å². The predicted octanol–water partition coefficient (Wildman–Crippen LogP) is 3.45. The van der Waals surface area contributed by atoms with Gasteiger partial charge >= 0.3 is 18.4 Å². The Bertz CT molecular complexity index is 802. The van der Waals surface area contributed by atoms with E-state index in [2.05, 4.69) is 27.9 Å². The molecule has 7 nitrogen and oxygen atoms in total. The molecule has 0 saturated carbocycles. The predicted molar refractivity (Wildman–Crippen MR) is 94.2 cm³/mol. The van der Waals surface area contributed by atoms with Crippen molar-refractivity contribution in [3.05, 3.63) is 32.2 Å². The van der Waals surface area contributed by atoms with Gasteiger partial charge < -0.3 is 11.1 Å². The van der Waals surface area contributed by atoms with Gasteiger partial charge in [-0.1, -0.05) is 0 Å². The van der Waals surface area contributed by atoms with E-state index in [9.17, 15) is 31.1 Å². The molecular weight excluding hydrogens is 454 g/mol. The second-order valence-corrected chi connectivity index (χ2v) is 7.30. The molecule has 28 heavy (non-hydrogen) atoms. The zero-order chi connectivity index (χ0) is 21.5. The molecule has 0 atom stereocenters. The van der Waals surface area contributed by atoms with Crippen LogP contribution in [0, 0.1) is 5.41 Å². The Balaban J connectivity index is 0.000000307. The van der Waals surface area contributed by atoms with Crippen molar-refractivity contribution in [2.24, 2.45) is 5.73 Å². The third kappa shape index (κ3) is 8.41. The number of thiazole rings is 2. The lowest BCUT2D eigenvalue weighted by Gasteiger charge is -2.03. The molecule has 0 bridgehead atoms. The maximum absolute atomic E-state index is 12.2. The number of urea groups is 1. The summed E-state index contributed by atoms with van der Waals surface area (Å²) >= 11 is 4.54. The molecule has 0 unspecified atom stereocenters. The van der Waals surface area contributed by atoms with Gasteiger partial charge in [0.15, 0.2) is 15.2 Å². The number of nitrogens with one attached hydrogen (secondary N) is 3. The molecular formula is C12H12F6N6OS3. The van der Waals surface area contributed by atoms with Crippen LogP contribution in [0.4, 0.5) is 31.1 Å². The van der Waals surface area contributed by atoms with E-state index in [4.69, 9.17) is 11.1 Å². The number of hydrogen-bond acceptors (Lipinski definition) is 7. The van der Waals surface area contributed by atoms with Crippen molar-refractivity contribution in [3.63, 3.8) is 0 Å². The highest BCUT2D eigenvalue weighted by molar-refractivity contribution is 7.96. The fourth-order valence-electron chi connectivity index (χ4n) is 1.37. The minimum Gasteiger partial charge on any atom is -0.333 e. The van der Waals surface area contributed by atoms with Gasteiger partial charge in [0.2, 0.25) is 0 Å². The standard InChI is InChI=1S/C7H7F3N4OS2.C5H5F3N2S/c8-7(9,10)4-12-1-3(17-4)2-13-6(15)14-5(11)16;6-5(7,8)4-10-2-3(1-9)11-4/h1H,2H2,(H4,11,13,14,15,16);2H,1,9H2. The largest absolute Gasteiger partial charge is 0.443 e. The number of amides is 2. The lowest BCUT2D eigenvalue weighted by Crippen LogP contribution is -2.36. The van der Waals surface area contributed by atoms with Crippen LogP contribution < -0.4 is 16.4 Å². The van der Waals surface area contributed by atoms with Crippen LogP contribution >= 0.6 is 35.3 Å². The van der Waals surface area contributed by atoms with Crippen LogP contribution in [0.1, 0.15) is 19.8 Å². The molecule has 0 aromatic carbocycles. The van der Waals surface area contributed by atoms with Crippen molar-refractivity contribution in [3.8, 4) is 0 Å². The van der Waals surface area contributed by atoms with Crippen molar-refractivity contribution < 1.29 is 31.1 Å². The normalized spacial score (nSPS) is 11.4. The van der Waals surface area contributed by atoms with E-state index in [0.29, 0.717) is 27.6 Å². The maximum atomic E-state index is 12.2. The van der Waals surface area contributed by atoms with Crippen LogP contribution in [-0.2, 0) is 25.4 Å². The number of hydrogen-bond donors (Lipinski definition) is 5. The molecule has 2 aromatic rings. The van der Waals surface area contributed by atoms with E-state index in [0.717, 1.165) is 12.4 Å².